The summed E-state index contributed by atoms with van der Waals surface area (Å²) in [5.41, 5.74) is 2.70. The monoisotopic (exact) mass is 209 g/mol. The maximum atomic E-state index is 13.5. The molecule has 2 nitrogen and oxygen atoms in total. The van der Waals surface area contributed by atoms with Crippen LogP contribution in [0.2, 0.25) is 0 Å². The lowest BCUT2D eigenvalue weighted by Gasteiger charge is -2.26. The molecule has 0 aliphatic carbocycles. The Morgan fingerprint density at radius 2 is 2.20 bits per heavy atom. The minimum atomic E-state index is -0.127. The third-order valence-electron chi connectivity index (χ3n) is 2.83. The predicted octanol–water partition coefficient (Wildman–Crippen LogP) is 2.10. The van der Waals surface area contributed by atoms with Crippen molar-refractivity contribution in [2.24, 2.45) is 0 Å². The molecule has 1 atom stereocenters. The van der Waals surface area contributed by atoms with E-state index in [1.54, 1.807) is 6.07 Å². The van der Waals surface area contributed by atoms with Gasteiger partial charge in [0, 0.05) is 6.54 Å². The summed E-state index contributed by atoms with van der Waals surface area (Å²) >= 11 is 0. The topological polar surface area (TPSA) is 21.3 Å². The molecule has 1 aliphatic rings. The summed E-state index contributed by atoms with van der Waals surface area (Å²) in [6.07, 6.45) is 0. The van der Waals surface area contributed by atoms with Crippen LogP contribution in [0.1, 0.15) is 22.7 Å². The molecule has 3 heteroatoms. The van der Waals surface area contributed by atoms with Crippen molar-refractivity contribution in [2.75, 3.05) is 19.8 Å². The van der Waals surface area contributed by atoms with Gasteiger partial charge in [-0.1, -0.05) is 6.07 Å². The van der Waals surface area contributed by atoms with Crippen molar-refractivity contribution in [3.8, 4) is 0 Å². The molecule has 0 saturated carbocycles. The van der Waals surface area contributed by atoms with Crippen molar-refractivity contribution in [1.29, 1.82) is 0 Å². The van der Waals surface area contributed by atoms with Crippen LogP contribution in [-0.2, 0) is 4.74 Å². The van der Waals surface area contributed by atoms with Gasteiger partial charge in [-0.15, -0.1) is 0 Å². The summed E-state index contributed by atoms with van der Waals surface area (Å²) in [7, 11) is 0. The van der Waals surface area contributed by atoms with Crippen molar-refractivity contribution < 1.29 is 9.13 Å². The molecule has 1 aliphatic heterocycles. The highest BCUT2D eigenvalue weighted by Crippen LogP contribution is 2.23. The van der Waals surface area contributed by atoms with Crippen LogP contribution in [0.15, 0.2) is 12.1 Å². The highest BCUT2D eigenvalue weighted by atomic mass is 19.1. The van der Waals surface area contributed by atoms with Gasteiger partial charge in [-0.25, -0.2) is 4.39 Å². The quantitative estimate of drug-likeness (QED) is 0.764. The standard InChI is InChI=1S/C12H16FNO/c1-8-5-10(9(2)11(13)6-8)12-7-15-4-3-14-12/h5-6,12,14H,3-4,7H2,1-2H3. The first kappa shape index (κ1) is 10.6. The average molecular weight is 209 g/mol. The van der Waals surface area contributed by atoms with Gasteiger partial charge in [-0.3, -0.25) is 0 Å². The van der Waals surface area contributed by atoms with Gasteiger partial charge < -0.3 is 10.1 Å². The molecule has 1 saturated heterocycles. The Balaban J connectivity index is 2.33. The van der Waals surface area contributed by atoms with Gasteiger partial charge in [0.25, 0.3) is 0 Å². The number of morpholine rings is 1. The molecule has 1 heterocycles. The number of hydrogen-bond acceptors (Lipinski definition) is 2. The van der Waals surface area contributed by atoms with E-state index in [9.17, 15) is 4.39 Å². The molecule has 1 fully saturated rings. The summed E-state index contributed by atoms with van der Waals surface area (Å²) < 4.78 is 18.9. The van der Waals surface area contributed by atoms with E-state index in [1.165, 1.54) is 0 Å². The van der Waals surface area contributed by atoms with Gasteiger partial charge in [-0.05, 0) is 36.6 Å². The van der Waals surface area contributed by atoms with E-state index in [0.29, 0.717) is 6.61 Å². The second-order valence-corrected chi connectivity index (χ2v) is 4.04. The summed E-state index contributed by atoms with van der Waals surface area (Å²) in [6.45, 7) is 5.93. The first-order chi connectivity index (χ1) is 7.18. The van der Waals surface area contributed by atoms with E-state index < -0.39 is 0 Å². The molecule has 0 spiro atoms. The smallest absolute Gasteiger partial charge is 0.126 e. The van der Waals surface area contributed by atoms with E-state index >= 15 is 0 Å². The number of aryl methyl sites for hydroxylation is 1. The Kier molecular flexibility index (Phi) is 3.03. The maximum absolute atomic E-state index is 13.5. The predicted molar refractivity (Wildman–Crippen MR) is 57.4 cm³/mol. The summed E-state index contributed by atoms with van der Waals surface area (Å²) in [6, 6.07) is 3.74. The lowest BCUT2D eigenvalue weighted by atomic mass is 9.98. The summed E-state index contributed by atoms with van der Waals surface area (Å²) in [5.74, 6) is -0.127. The van der Waals surface area contributed by atoms with Crippen LogP contribution in [0, 0.1) is 19.7 Å². The zero-order valence-electron chi connectivity index (χ0n) is 9.14. The number of rotatable bonds is 1. The molecule has 15 heavy (non-hydrogen) atoms. The Bertz CT molecular complexity index is 359. The number of halogens is 1. The summed E-state index contributed by atoms with van der Waals surface area (Å²) in [4.78, 5) is 0. The fourth-order valence-electron chi connectivity index (χ4n) is 1.97. The van der Waals surface area contributed by atoms with Crippen molar-refractivity contribution >= 4 is 0 Å². The first-order valence-corrected chi connectivity index (χ1v) is 5.26. The van der Waals surface area contributed by atoms with Gasteiger partial charge in [0.15, 0.2) is 0 Å². The molecule has 0 amide bonds. The van der Waals surface area contributed by atoms with Crippen LogP contribution in [-0.4, -0.2) is 19.8 Å². The normalized spacial score (nSPS) is 21.7. The van der Waals surface area contributed by atoms with Crippen LogP contribution in [0.3, 0.4) is 0 Å². The van der Waals surface area contributed by atoms with Crippen LogP contribution < -0.4 is 5.32 Å². The molecule has 1 aromatic carbocycles. The van der Waals surface area contributed by atoms with E-state index in [0.717, 1.165) is 29.8 Å². The van der Waals surface area contributed by atoms with Crippen LogP contribution in [0.5, 0.6) is 0 Å². The molecule has 2 rings (SSSR count). The van der Waals surface area contributed by atoms with E-state index in [4.69, 9.17) is 4.74 Å². The van der Waals surface area contributed by atoms with Crippen LogP contribution in [0.25, 0.3) is 0 Å². The lowest BCUT2D eigenvalue weighted by Crippen LogP contribution is -2.35. The van der Waals surface area contributed by atoms with Crippen LogP contribution in [0.4, 0.5) is 4.39 Å². The van der Waals surface area contributed by atoms with Gasteiger partial charge in [-0.2, -0.15) is 0 Å². The van der Waals surface area contributed by atoms with Gasteiger partial charge in [0.2, 0.25) is 0 Å². The molecular formula is C12H16FNO. The minimum absolute atomic E-state index is 0.127. The number of hydrogen-bond donors (Lipinski definition) is 1. The zero-order chi connectivity index (χ0) is 10.8. The van der Waals surface area contributed by atoms with E-state index in [-0.39, 0.29) is 11.9 Å². The molecule has 1 N–H and O–H groups in total. The zero-order valence-corrected chi connectivity index (χ0v) is 9.14. The van der Waals surface area contributed by atoms with Crippen molar-refractivity contribution in [1.82, 2.24) is 5.32 Å². The number of ether oxygens (including phenoxy) is 1. The molecule has 1 aromatic rings. The Hall–Kier alpha value is -0.930. The second-order valence-electron chi connectivity index (χ2n) is 4.04. The Labute approximate surface area is 89.4 Å². The molecular weight excluding hydrogens is 193 g/mol. The first-order valence-electron chi connectivity index (χ1n) is 5.26. The summed E-state index contributed by atoms with van der Waals surface area (Å²) in [5, 5.41) is 3.34. The molecule has 0 radical (unpaired) electrons. The molecule has 82 valence electrons. The fraction of sp³-hybridized carbons (Fsp3) is 0.500. The maximum Gasteiger partial charge on any atom is 0.126 e. The average Bonchev–Trinajstić information content (AvgIpc) is 2.24. The number of nitrogens with one attached hydrogen (secondary N) is 1. The molecule has 0 aromatic heterocycles. The van der Waals surface area contributed by atoms with E-state index in [1.807, 2.05) is 19.9 Å². The Morgan fingerprint density at radius 3 is 2.87 bits per heavy atom. The van der Waals surface area contributed by atoms with E-state index in [2.05, 4.69) is 5.32 Å². The SMILES string of the molecule is Cc1cc(F)c(C)c(C2COCCN2)c1. The van der Waals surface area contributed by atoms with Crippen molar-refractivity contribution in [2.45, 2.75) is 19.9 Å². The third kappa shape index (κ3) is 2.19. The fourth-order valence-corrected chi connectivity index (χ4v) is 1.97. The third-order valence-corrected chi connectivity index (χ3v) is 2.83. The Morgan fingerprint density at radius 1 is 1.40 bits per heavy atom. The van der Waals surface area contributed by atoms with Crippen LogP contribution >= 0.6 is 0 Å². The minimum Gasteiger partial charge on any atom is -0.378 e. The van der Waals surface area contributed by atoms with Gasteiger partial charge in [0.05, 0.1) is 19.3 Å². The highest BCUT2D eigenvalue weighted by molar-refractivity contribution is 5.34. The van der Waals surface area contributed by atoms with Gasteiger partial charge >= 0.3 is 0 Å². The highest BCUT2D eigenvalue weighted by Gasteiger charge is 2.18. The van der Waals surface area contributed by atoms with Crippen molar-refractivity contribution in [3.63, 3.8) is 0 Å². The van der Waals surface area contributed by atoms with Crippen molar-refractivity contribution in [3.05, 3.63) is 34.6 Å². The number of benzene rings is 1. The molecule has 0 bridgehead atoms. The lowest BCUT2D eigenvalue weighted by molar-refractivity contribution is 0.0766. The second kappa shape index (κ2) is 4.29. The largest absolute Gasteiger partial charge is 0.378 e. The molecule has 1 unspecified atom stereocenters. The van der Waals surface area contributed by atoms with Gasteiger partial charge in [0.1, 0.15) is 5.82 Å².